The van der Waals surface area contributed by atoms with Crippen molar-refractivity contribution >= 4 is 58.6 Å². The van der Waals surface area contributed by atoms with Crippen LogP contribution in [0.4, 0.5) is 0 Å². The maximum absolute atomic E-state index is 13.2. The van der Waals surface area contributed by atoms with Crippen LogP contribution in [0, 0.1) is 5.41 Å². The van der Waals surface area contributed by atoms with E-state index in [1.54, 1.807) is 66.7 Å². The first-order valence-corrected chi connectivity index (χ1v) is 13.4. The zero-order valence-electron chi connectivity index (χ0n) is 21.4. The summed E-state index contributed by atoms with van der Waals surface area (Å²) in [5.41, 5.74) is 0.564. The summed E-state index contributed by atoms with van der Waals surface area (Å²) in [5.74, 6) is -3.22. The highest BCUT2D eigenvalue weighted by molar-refractivity contribution is 6.76. The number of ether oxygens (including phenoxy) is 5. The fourth-order valence-electron chi connectivity index (χ4n) is 3.97. The monoisotopic (exact) mass is 619 g/mol. The molecule has 0 amide bonds. The van der Waals surface area contributed by atoms with Gasteiger partial charge in [-0.05, 0) is 43.3 Å². The molecule has 0 radical (unpaired) electrons. The van der Waals surface area contributed by atoms with Gasteiger partial charge in [-0.1, -0.05) is 89.4 Å². The minimum Gasteiger partial charge on any atom is -0.452 e. The topological polar surface area (TPSA) is 121 Å². The van der Waals surface area contributed by atoms with Gasteiger partial charge in [0.25, 0.3) is 3.79 Å². The van der Waals surface area contributed by atoms with Gasteiger partial charge >= 0.3 is 17.9 Å². The molecule has 3 aromatic rings. The van der Waals surface area contributed by atoms with Gasteiger partial charge in [0.05, 0.1) is 22.8 Å². The second-order valence-electron chi connectivity index (χ2n) is 8.86. The van der Waals surface area contributed by atoms with Crippen LogP contribution >= 0.6 is 34.8 Å². The third kappa shape index (κ3) is 7.77. The lowest BCUT2D eigenvalue weighted by Gasteiger charge is -2.43. The van der Waals surface area contributed by atoms with Crippen molar-refractivity contribution < 1.29 is 38.1 Å². The van der Waals surface area contributed by atoms with Crippen molar-refractivity contribution in [3.8, 4) is 0 Å². The summed E-state index contributed by atoms with van der Waals surface area (Å²) >= 11 is 17.5. The molecule has 0 aromatic heterocycles. The minimum atomic E-state index is -2.28. The van der Waals surface area contributed by atoms with E-state index in [1.807, 2.05) is 0 Å². The number of esters is 3. The summed E-state index contributed by atoms with van der Waals surface area (Å²) < 4.78 is 26.4. The number of carbonyl (C=O) groups is 3. The first-order valence-electron chi connectivity index (χ1n) is 12.3. The molecular weight excluding hydrogens is 597 g/mol. The number of benzene rings is 3. The molecule has 4 rings (SSSR count). The van der Waals surface area contributed by atoms with Crippen LogP contribution in [-0.4, -0.2) is 58.3 Å². The average molecular weight is 621 g/mol. The molecule has 1 N–H and O–H groups in total. The molecule has 12 heteroatoms. The molecular formula is C29H24Cl3NO8. The van der Waals surface area contributed by atoms with Gasteiger partial charge in [0.2, 0.25) is 18.3 Å². The second kappa shape index (κ2) is 13.4. The Kier molecular flexibility index (Phi) is 9.88. The summed E-state index contributed by atoms with van der Waals surface area (Å²) in [6, 6.07) is 24.1. The number of hydrogen-bond donors (Lipinski definition) is 1. The number of hydrogen-bond acceptors (Lipinski definition) is 9. The highest BCUT2D eigenvalue weighted by Crippen LogP contribution is 2.34. The lowest BCUT2D eigenvalue weighted by atomic mass is 9.98. The van der Waals surface area contributed by atoms with E-state index in [2.05, 4.69) is 0 Å². The average Bonchev–Trinajstić information content (AvgIpc) is 2.97. The van der Waals surface area contributed by atoms with E-state index in [-0.39, 0.29) is 16.7 Å². The molecule has 1 aliphatic rings. The van der Waals surface area contributed by atoms with Gasteiger partial charge in [0.15, 0.2) is 12.2 Å². The third-order valence-electron chi connectivity index (χ3n) is 5.98. The Morgan fingerprint density at radius 1 is 0.634 bits per heavy atom. The van der Waals surface area contributed by atoms with Crippen molar-refractivity contribution in [2.24, 2.45) is 0 Å². The maximum Gasteiger partial charge on any atom is 0.338 e. The van der Waals surface area contributed by atoms with Gasteiger partial charge in [0.1, 0.15) is 0 Å². The Balaban J connectivity index is 1.73. The van der Waals surface area contributed by atoms with Crippen molar-refractivity contribution in [2.75, 3.05) is 0 Å². The molecule has 0 saturated carbocycles. The smallest absolute Gasteiger partial charge is 0.338 e. The van der Waals surface area contributed by atoms with Crippen LogP contribution in [0.3, 0.4) is 0 Å². The van der Waals surface area contributed by atoms with Crippen LogP contribution in [0.1, 0.15) is 38.0 Å². The fraction of sp³-hybridized carbons (Fsp3) is 0.241. The van der Waals surface area contributed by atoms with Gasteiger partial charge in [-0.15, -0.1) is 0 Å². The van der Waals surface area contributed by atoms with Crippen LogP contribution in [0.25, 0.3) is 0 Å². The Hall–Kier alpha value is -3.63. The first-order chi connectivity index (χ1) is 19.5. The molecule has 0 aliphatic carbocycles. The number of halogens is 3. The minimum absolute atomic E-state index is 0.160. The van der Waals surface area contributed by atoms with E-state index in [1.165, 1.54) is 31.2 Å². The molecule has 0 spiro atoms. The zero-order valence-corrected chi connectivity index (χ0v) is 23.7. The van der Waals surface area contributed by atoms with Crippen LogP contribution in [0.15, 0.2) is 91.0 Å². The molecule has 9 nitrogen and oxygen atoms in total. The molecule has 1 fully saturated rings. The summed E-state index contributed by atoms with van der Waals surface area (Å²) in [6.07, 6.45) is -6.93. The molecule has 1 heterocycles. The Labute approximate surface area is 250 Å². The lowest BCUT2D eigenvalue weighted by molar-refractivity contribution is -0.270. The van der Waals surface area contributed by atoms with Crippen molar-refractivity contribution in [1.29, 1.82) is 5.41 Å². The summed E-state index contributed by atoms with van der Waals surface area (Å²) in [6.45, 7) is 1.52. The normalized spacial score (nSPS) is 22.2. The van der Waals surface area contributed by atoms with Gasteiger partial charge in [-0.25, -0.2) is 14.4 Å². The van der Waals surface area contributed by atoms with Crippen molar-refractivity contribution in [3.63, 3.8) is 0 Å². The van der Waals surface area contributed by atoms with Gasteiger partial charge in [-0.2, -0.15) is 0 Å². The van der Waals surface area contributed by atoms with E-state index < -0.39 is 58.3 Å². The zero-order chi connectivity index (χ0) is 29.6. The fourth-order valence-corrected chi connectivity index (χ4v) is 4.10. The summed E-state index contributed by atoms with van der Waals surface area (Å²) in [5, 5.41) is 8.06. The molecule has 41 heavy (non-hydrogen) atoms. The number of alkyl halides is 3. The first kappa shape index (κ1) is 30.3. The number of rotatable bonds is 7. The molecule has 0 bridgehead atoms. The molecule has 5 atom stereocenters. The van der Waals surface area contributed by atoms with E-state index in [0.29, 0.717) is 0 Å². The number of nitrogens with one attached hydrogen (secondary N) is 1. The molecule has 214 valence electrons. The highest BCUT2D eigenvalue weighted by atomic mass is 35.6. The van der Waals surface area contributed by atoms with Gasteiger partial charge in [0, 0.05) is 0 Å². The van der Waals surface area contributed by atoms with E-state index in [9.17, 15) is 14.4 Å². The molecule has 1 aliphatic heterocycles. The van der Waals surface area contributed by atoms with Crippen molar-refractivity contribution in [3.05, 3.63) is 108 Å². The molecule has 1 saturated heterocycles. The van der Waals surface area contributed by atoms with E-state index in [4.69, 9.17) is 63.9 Å². The maximum atomic E-state index is 13.2. The summed E-state index contributed by atoms with van der Waals surface area (Å²) in [4.78, 5) is 39.4. The van der Waals surface area contributed by atoms with Crippen LogP contribution in [0.5, 0.6) is 0 Å². The second-order valence-corrected chi connectivity index (χ2v) is 11.1. The molecule has 0 unspecified atom stereocenters. The van der Waals surface area contributed by atoms with Gasteiger partial charge in [-0.3, -0.25) is 5.41 Å². The van der Waals surface area contributed by atoms with Gasteiger partial charge < -0.3 is 23.7 Å². The highest BCUT2D eigenvalue weighted by Gasteiger charge is 2.53. The van der Waals surface area contributed by atoms with E-state index in [0.717, 1.165) is 0 Å². The Bertz CT molecular complexity index is 1370. The van der Waals surface area contributed by atoms with Crippen LogP contribution in [-0.2, 0) is 23.7 Å². The van der Waals surface area contributed by atoms with Crippen molar-refractivity contribution in [1.82, 2.24) is 0 Å². The largest absolute Gasteiger partial charge is 0.452 e. The third-order valence-corrected chi connectivity index (χ3v) is 6.49. The van der Waals surface area contributed by atoms with Crippen molar-refractivity contribution in [2.45, 2.75) is 41.4 Å². The van der Waals surface area contributed by atoms with Crippen LogP contribution in [0.2, 0.25) is 0 Å². The van der Waals surface area contributed by atoms with Crippen LogP contribution < -0.4 is 0 Å². The predicted molar refractivity (Wildman–Crippen MR) is 150 cm³/mol. The Morgan fingerprint density at radius 3 is 1.39 bits per heavy atom. The predicted octanol–water partition coefficient (Wildman–Crippen LogP) is 5.77. The number of carbonyl (C=O) groups excluding carboxylic acids is 3. The lowest BCUT2D eigenvalue weighted by Crippen LogP contribution is -2.62. The molecule has 3 aromatic carbocycles. The standard InChI is InChI=1S/C29H24Cl3NO8/c1-17-21(38-24(34)18-11-5-2-6-12-18)22(39-25(35)19-13-7-3-8-14-19)23(27(37-17)41-28(33)29(30,31)32)40-26(36)20-15-9-4-10-16-20/h2-17,21-23,27,33H,1H3/t17-,21+,22+,23-,27-/m1/s1. The Morgan fingerprint density at radius 2 is 1.00 bits per heavy atom. The van der Waals surface area contributed by atoms with E-state index >= 15 is 0 Å². The quantitative estimate of drug-likeness (QED) is 0.116. The SMILES string of the molecule is C[C@H]1O[C@H](OC(=N)C(Cl)(Cl)Cl)[C@H](OC(=O)c2ccccc2)[C@@H](OC(=O)c2ccccc2)[C@H]1OC(=O)c1ccccc1. The summed E-state index contributed by atoms with van der Waals surface area (Å²) in [7, 11) is 0.